The highest BCUT2D eigenvalue weighted by Gasteiger charge is 2.13. The number of anilines is 1. The molecule has 4 nitrogen and oxygen atoms in total. The fourth-order valence-corrected chi connectivity index (χ4v) is 2.30. The van der Waals surface area contributed by atoms with Gasteiger partial charge in [-0.1, -0.05) is 13.8 Å². The van der Waals surface area contributed by atoms with E-state index in [2.05, 4.69) is 40.5 Å². The fraction of sp³-hybridized carbons (Fsp3) is 0.714. The van der Waals surface area contributed by atoms with Crippen LogP contribution in [0.15, 0.2) is 6.07 Å². The molecule has 1 aliphatic heterocycles. The first-order valence-electron chi connectivity index (χ1n) is 6.98. The van der Waals surface area contributed by atoms with E-state index in [0.29, 0.717) is 12.0 Å². The van der Waals surface area contributed by atoms with Crippen LogP contribution >= 0.6 is 0 Å². The molecule has 1 unspecified atom stereocenters. The van der Waals surface area contributed by atoms with Crippen LogP contribution in [-0.2, 0) is 0 Å². The van der Waals surface area contributed by atoms with Gasteiger partial charge in [-0.05, 0) is 51.3 Å². The van der Waals surface area contributed by atoms with Gasteiger partial charge in [0.15, 0.2) is 0 Å². The van der Waals surface area contributed by atoms with Gasteiger partial charge in [-0.25, -0.2) is 9.97 Å². The molecule has 0 aliphatic carbocycles. The standard InChI is InChI=1S/C14H24N4/c1-10(2)13-9-11(3)16-14(18-13)17-12-5-4-7-15-8-6-12/h9-10,12,15H,4-8H2,1-3H3,(H,16,17,18). The second-order valence-corrected chi connectivity index (χ2v) is 5.43. The predicted octanol–water partition coefficient (Wildman–Crippen LogP) is 2.46. The number of nitrogens with zero attached hydrogens (tertiary/aromatic N) is 2. The normalized spacial score (nSPS) is 20.8. The number of aromatic nitrogens is 2. The Labute approximate surface area is 110 Å². The van der Waals surface area contributed by atoms with Gasteiger partial charge in [0.2, 0.25) is 5.95 Å². The Hall–Kier alpha value is -1.16. The molecular weight excluding hydrogens is 224 g/mol. The van der Waals surface area contributed by atoms with Gasteiger partial charge in [0.05, 0.1) is 0 Å². The minimum Gasteiger partial charge on any atom is -0.351 e. The minimum absolute atomic E-state index is 0.447. The topological polar surface area (TPSA) is 49.8 Å². The Bertz CT molecular complexity index is 381. The van der Waals surface area contributed by atoms with Gasteiger partial charge in [0, 0.05) is 17.4 Å². The molecule has 1 aromatic rings. The van der Waals surface area contributed by atoms with E-state index >= 15 is 0 Å². The van der Waals surface area contributed by atoms with Crippen LogP contribution in [0.25, 0.3) is 0 Å². The van der Waals surface area contributed by atoms with Crippen LogP contribution in [0.1, 0.15) is 50.4 Å². The highest BCUT2D eigenvalue weighted by Crippen LogP contribution is 2.16. The van der Waals surface area contributed by atoms with Crippen LogP contribution in [0.2, 0.25) is 0 Å². The molecule has 18 heavy (non-hydrogen) atoms. The lowest BCUT2D eigenvalue weighted by Gasteiger charge is -2.17. The Balaban J connectivity index is 2.07. The summed E-state index contributed by atoms with van der Waals surface area (Å²) in [5, 5.41) is 6.92. The van der Waals surface area contributed by atoms with Crippen molar-refractivity contribution in [3.05, 3.63) is 17.5 Å². The Morgan fingerprint density at radius 3 is 2.89 bits per heavy atom. The maximum Gasteiger partial charge on any atom is 0.223 e. The molecule has 1 saturated heterocycles. The van der Waals surface area contributed by atoms with Crippen LogP contribution in [0, 0.1) is 6.92 Å². The minimum atomic E-state index is 0.447. The highest BCUT2D eigenvalue weighted by molar-refractivity contribution is 5.30. The van der Waals surface area contributed by atoms with E-state index in [1.165, 1.54) is 12.8 Å². The van der Waals surface area contributed by atoms with Crippen LogP contribution in [0.5, 0.6) is 0 Å². The summed E-state index contributed by atoms with van der Waals surface area (Å²) in [6, 6.07) is 2.58. The van der Waals surface area contributed by atoms with Crippen LogP contribution in [0.3, 0.4) is 0 Å². The van der Waals surface area contributed by atoms with E-state index in [1.807, 2.05) is 6.92 Å². The van der Waals surface area contributed by atoms with E-state index < -0.39 is 0 Å². The van der Waals surface area contributed by atoms with Crippen LogP contribution in [0.4, 0.5) is 5.95 Å². The third-order valence-electron chi connectivity index (χ3n) is 3.37. The summed E-state index contributed by atoms with van der Waals surface area (Å²) < 4.78 is 0. The van der Waals surface area contributed by atoms with Crippen molar-refractivity contribution in [1.82, 2.24) is 15.3 Å². The van der Waals surface area contributed by atoms with E-state index in [-0.39, 0.29) is 0 Å². The second kappa shape index (κ2) is 6.14. The van der Waals surface area contributed by atoms with E-state index in [9.17, 15) is 0 Å². The zero-order valence-corrected chi connectivity index (χ0v) is 11.7. The average molecular weight is 248 g/mol. The van der Waals surface area contributed by atoms with E-state index in [0.717, 1.165) is 36.8 Å². The van der Waals surface area contributed by atoms with E-state index in [1.54, 1.807) is 0 Å². The third kappa shape index (κ3) is 3.67. The van der Waals surface area contributed by atoms with Crippen molar-refractivity contribution in [2.45, 2.75) is 52.0 Å². The smallest absolute Gasteiger partial charge is 0.223 e. The predicted molar refractivity (Wildman–Crippen MR) is 75.0 cm³/mol. The number of hydrogen-bond donors (Lipinski definition) is 2. The third-order valence-corrected chi connectivity index (χ3v) is 3.37. The molecule has 100 valence electrons. The molecule has 1 atom stereocenters. The summed E-state index contributed by atoms with van der Waals surface area (Å²) in [7, 11) is 0. The lowest BCUT2D eigenvalue weighted by molar-refractivity contribution is 0.630. The van der Waals surface area contributed by atoms with Crippen molar-refractivity contribution in [3.63, 3.8) is 0 Å². The maximum absolute atomic E-state index is 4.62. The molecular formula is C14H24N4. The molecule has 0 aromatic carbocycles. The molecule has 0 spiro atoms. The lowest BCUT2D eigenvalue weighted by atomic mass is 10.1. The largest absolute Gasteiger partial charge is 0.351 e. The number of nitrogens with one attached hydrogen (secondary N) is 2. The molecule has 4 heteroatoms. The van der Waals surface area contributed by atoms with Crippen molar-refractivity contribution >= 4 is 5.95 Å². The average Bonchev–Trinajstić information content (AvgIpc) is 2.57. The van der Waals surface area contributed by atoms with Gasteiger partial charge in [0.1, 0.15) is 0 Å². The molecule has 0 saturated carbocycles. The molecule has 2 N–H and O–H groups in total. The summed E-state index contributed by atoms with van der Waals surface area (Å²) >= 11 is 0. The van der Waals surface area contributed by atoms with Gasteiger partial charge in [-0.2, -0.15) is 0 Å². The van der Waals surface area contributed by atoms with Gasteiger partial charge >= 0.3 is 0 Å². The van der Waals surface area contributed by atoms with Crippen molar-refractivity contribution in [1.29, 1.82) is 0 Å². The molecule has 0 bridgehead atoms. The summed E-state index contributed by atoms with van der Waals surface area (Å²) in [5.41, 5.74) is 2.17. The first-order chi connectivity index (χ1) is 8.65. The zero-order chi connectivity index (χ0) is 13.0. The number of aryl methyl sites for hydroxylation is 1. The highest BCUT2D eigenvalue weighted by atomic mass is 15.1. The summed E-state index contributed by atoms with van der Waals surface area (Å²) in [4.78, 5) is 9.11. The number of hydrogen-bond acceptors (Lipinski definition) is 4. The quantitative estimate of drug-likeness (QED) is 0.862. The van der Waals surface area contributed by atoms with Crippen LogP contribution in [-0.4, -0.2) is 29.1 Å². The first-order valence-corrected chi connectivity index (χ1v) is 6.98. The van der Waals surface area contributed by atoms with Crippen molar-refractivity contribution in [3.8, 4) is 0 Å². The Kier molecular flexibility index (Phi) is 4.53. The van der Waals surface area contributed by atoms with Crippen LogP contribution < -0.4 is 10.6 Å². The summed E-state index contributed by atoms with van der Waals surface area (Å²) in [5.74, 6) is 1.24. The summed E-state index contributed by atoms with van der Waals surface area (Å²) in [6.07, 6.45) is 3.57. The molecule has 0 radical (unpaired) electrons. The Morgan fingerprint density at radius 1 is 1.28 bits per heavy atom. The number of rotatable bonds is 3. The van der Waals surface area contributed by atoms with Crippen molar-refractivity contribution in [2.24, 2.45) is 0 Å². The molecule has 1 fully saturated rings. The molecule has 1 aliphatic rings. The van der Waals surface area contributed by atoms with Gasteiger partial charge < -0.3 is 10.6 Å². The summed E-state index contributed by atoms with van der Waals surface area (Å²) in [6.45, 7) is 8.58. The zero-order valence-electron chi connectivity index (χ0n) is 11.7. The van der Waals surface area contributed by atoms with Gasteiger partial charge in [-0.15, -0.1) is 0 Å². The SMILES string of the molecule is Cc1cc(C(C)C)nc(NC2CCCNCC2)n1. The maximum atomic E-state index is 4.62. The van der Waals surface area contributed by atoms with Gasteiger partial charge in [0.25, 0.3) is 0 Å². The first kappa shape index (κ1) is 13.3. The monoisotopic (exact) mass is 248 g/mol. The molecule has 0 amide bonds. The van der Waals surface area contributed by atoms with E-state index in [4.69, 9.17) is 0 Å². The lowest BCUT2D eigenvalue weighted by Crippen LogP contribution is -2.23. The second-order valence-electron chi connectivity index (χ2n) is 5.43. The molecule has 2 rings (SSSR count). The van der Waals surface area contributed by atoms with Gasteiger partial charge in [-0.3, -0.25) is 0 Å². The Morgan fingerprint density at radius 2 is 2.11 bits per heavy atom. The fourth-order valence-electron chi connectivity index (χ4n) is 2.30. The molecule has 1 aromatic heterocycles. The molecule has 2 heterocycles. The van der Waals surface area contributed by atoms with Crippen molar-refractivity contribution in [2.75, 3.05) is 18.4 Å². The van der Waals surface area contributed by atoms with Crippen molar-refractivity contribution < 1.29 is 0 Å².